The van der Waals surface area contributed by atoms with Crippen molar-refractivity contribution >= 4 is 17.5 Å². The third-order valence-corrected chi connectivity index (χ3v) is 2.50. The maximum atomic E-state index is 11.7. The van der Waals surface area contributed by atoms with E-state index >= 15 is 0 Å². The molecule has 0 aromatic heterocycles. The fraction of sp³-hybridized carbons (Fsp3) is 0.333. The van der Waals surface area contributed by atoms with Crippen LogP contribution in [0, 0.1) is 0 Å². The number of nitrogens with one attached hydrogen (secondary N) is 2. The summed E-state index contributed by atoms with van der Waals surface area (Å²) in [4.78, 5) is 22.9. The molecule has 1 aliphatic rings. The van der Waals surface area contributed by atoms with E-state index in [4.69, 9.17) is 9.84 Å². The zero-order chi connectivity index (χ0) is 13.0. The molecule has 2 amide bonds. The summed E-state index contributed by atoms with van der Waals surface area (Å²) < 4.78 is 5.19. The molecule has 6 heteroatoms. The van der Waals surface area contributed by atoms with Gasteiger partial charge in [0.1, 0.15) is 5.75 Å². The van der Waals surface area contributed by atoms with Gasteiger partial charge in [0.15, 0.2) is 6.61 Å². The molecule has 0 aliphatic carbocycles. The van der Waals surface area contributed by atoms with Crippen LogP contribution in [0.25, 0.3) is 0 Å². The topological polar surface area (TPSA) is 87.7 Å². The van der Waals surface area contributed by atoms with Crippen molar-refractivity contribution in [2.45, 2.75) is 6.42 Å². The molecule has 6 nitrogen and oxygen atoms in total. The largest absolute Gasteiger partial charge is 0.482 e. The minimum Gasteiger partial charge on any atom is -0.482 e. The second-order valence-corrected chi connectivity index (χ2v) is 3.88. The van der Waals surface area contributed by atoms with E-state index in [-0.39, 0.29) is 25.0 Å². The van der Waals surface area contributed by atoms with E-state index in [2.05, 4.69) is 10.6 Å². The molecule has 1 aromatic rings. The van der Waals surface area contributed by atoms with Crippen LogP contribution in [0.15, 0.2) is 18.2 Å². The van der Waals surface area contributed by atoms with Crippen LogP contribution in [0.4, 0.5) is 5.69 Å². The third-order valence-electron chi connectivity index (χ3n) is 2.50. The summed E-state index contributed by atoms with van der Waals surface area (Å²) in [6.07, 6.45) is 0.510. The van der Waals surface area contributed by atoms with Gasteiger partial charge in [-0.3, -0.25) is 9.59 Å². The molecule has 1 aliphatic heterocycles. The van der Waals surface area contributed by atoms with Crippen LogP contribution < -0.4 is 15.4 Å². The van der Waals surface area contributed by atoms with Gasteiger partial charge in [-0.15, -0.1) is 0 Å². The molecule has 1 heterocycles. The zero-order valence-corrected chi connectivity index (χ0v) is 9.73. The van der Waals surface area contributed by atoms with Crippen LogP contribution in [-0.4, -0.2) is 36.7 Å². The van der Waals surface area contributed by atoms with Crippen molar-refractivity contribution in [1.29, 1.82) is 0 Å². The van der Waals surface area contributed by atoms with Crippen molar-refractivity contribution in [3.8, 4) is 5.75 Å². The number of aliphatic hydroxyl groups is 1. The third kappa shape index (κ3) is 2.78. The molecule has 0 saturated carbocycles. The molecule has 0 spiro atoms. The van der Waals surface area contributed by atoms with Gasteiger partial charge in [0.25, 0.3) is 11.8 Å². The predicted octanol–water partition coefficient (Wildman–Crippen LogP) is 0.130. The average Bonchev–Trinajstić information content (AvgIpc) is 2.38. The number of rotatable bonds is 4. The minimum absolute atomic E-state index is 0.00492. The number of aliphatic hydroxyl groups excluding tert-OH is 1. The quantitative estimate of drug-likeness (QED) is 0.663. The molecular formula is C12H14N2O4. The first-order chi connectivity index (χ1) is 8.70. The van der Waals surface area contributed by atoms with E-state index in [0.29, 0.717) is 30.0 Å². The summed E-state index contributed by atoms with van der Waals surface area (Å²) in [6.45, 7) is 0.443. The van der Waals surface area contributed by atoms with Gasteiger partial charge in [0, 0.05) is 18.7 Å². The highest BCUT2D eigenvalue weighted by atomic mass is 16.5. The van der Waals surface area contributed by atoms with Crippen molar-refractivity contribution in [2.75, 3.05) is 25.1 Å². The summed E-state index contributed by atoms with van der Waals surface area (Å²) >= 11 is 0. The lowest BCUT2D eigenvalue weighted by atomic mass is 10.1. The van der Waals surface area contributed by atoms with Crippen molar-refractivity contribution in [2.24, 2.45) is 0 Å². The highest BCUT2D eigenvalue weighted by molar-refractivity contribution is 5.99. The fourth-order valence-electron chi connectivity index (χ4n) is 1.61. The minimum atomic E-state index is -0.244. The number of fused-ring (bicyclic) bond motifs is 1. The first-order valence-corrected chi connectivity index (χ1v) is 5.66. The molecule has 0 fully saturated rings. The van der Waals surface area contributed by atoms with Crippen LogP contribution in [0.3, 0.4) is 0 Å². The Hall–Kier alpha value is -2.08. The van der Waals surface area contributed by atoms with Crippen LogP contribution >= 0.6 is 0 Å². The van der Waals surface area contributed by atoms with E-state index in [1.165, 1.54) is 0 Å². The number of benzene rings is 1. The average molecular weight is 250 g/mol. The lowest BCUT2D eigenvalue weighted by molar-refractivity contribution is -0.118. The van der Waals surface area contributed by atoms with Gasteiger partial charge >= 0.3 is 0 Å². The SMILES string of the molecule is O=C1COc2ccc(C(=O)NCCCO)cc2N1. The molecular weight excluding hydrogens is 236 g/mol. The first kappa shape index (κ1) is 12.4. The summed E-state index contributed by atoms with van der Waals surface area (Å²) in [5.41, 5.74) is 0.943. The van der Waals surface area contributed by atoms with Crippen LogP contribution in [-0.2, 0) is 4.79 Å². The Kier molecular flexibility index (Phi) is 3.78. The van der Waals surface area contributed by atoms with Gasteiger partial charge in [0.2, 0.25) is 0 Å². The van der Waals surface area contributed by atoms with E-state index in [1.54, 1.807) is 18.2 Å². The first-order valence-electron chi connectivity index (χ1n) is 5.66. The maximum absolute atomic E-state index is 11.7. The molecule has 18 heavy (non-hydrogen) atoms. The Morgan fingerprint density at radius 2 is 2.33 bits per heavy atom. The summed E-state index contributed by atoms with van der Waals surface area (Å²) in [5, 5.41) is 13.9. The monoisotopic (exact) mass is 250 g/mol. The molecule has 0 atom stereocenters. The molecule has 0 unspecified atom stereocenters. The molecule has 2 rings (SSSR count). The molecule has 1 aromatic carbocycles. The van der Waals surface area contributed by atoms with E-state index in [9.17, 15) is 9.59 Å². The summed E-state index contributed by atoms with van der Waals surface area (Å²) in [6, 6.07) is 4.85. The van der Waals surface area contributed by atoms with Crippen molar-refractivity contribution < 1.29 is 19.4 Å². The van der Waals surface area contributed by atoms with Gasteiger partial charge in [-0.25, -0.2) is 0 Å². The van der Waals surface area contributed by atoms with Crippen LogP contribution in [0.1, 0.15) is 16.8 Å². The summed E-state index contributed by atoms with van der Waals surface area (Å²) in [5.74, 6) is 0.0768. The van der Waals surface area contributed by atoms with Crippen molar-refractivity contribution in [3.63, 3.8) is 0 Å². The van der Waals surface area contributed by atoms with Gasteiger partial charge in [-0.2, -0.15) is 0 Å². The van der Waals surface area contributed by atoms with E-state index in [0.717, 1.165) is 0 Å². The smallest absolute Gasteiger partial charge is 0.262 e. The summed E-state index contributed by atoms with van der Waals surface area (Å²) in [7, 11) is 0. The highest BCUT2D eigenvalue weighted by Gasteiger charge is 2.17. The van der Waals surface area contributed by atoms with Gasteiger partial charge in [-0.1, -0.05) is 0 Å². The molecule has 0 bridgehead atoms. The predicted molar refractivity (Wildman–Crippen MR) is 64.6 cm³/mol. The number of carbonyl (C=O) groups is 2. The lowest BCUT2D eigenvalue weighted by Crippen LogP contribution is -2.27. The number of amides is 2. The second-order valence-electron chi connectivity index (χ2n) is 3.88. The molecule has 3 N–H and O–H groups in total. The number of ether oxygens (including phenoxy) is 1. The number of hydrogen-bond acceptors (Lipinski definition) is 4. The number of hydrogen-bond donors (Lipinski definition) is 3. The van der Waals surface area contributed by atoms with E-state index in [1.807, 2.05) is 0 Å². The Balaban J connectivity index is 2.08. The molecule has 0 saturated heterocycles. The maximum Gasteiger partial charge on any atom is 0.262 e. The van der Waals surface area contributed by atoms with Crippen LogP contribution in [0.5, 0.6) is 5.75 Å². The van der Waals surface area contributed by atoms with E-state index < -0.39 is 0 Å². The van der Waals surface area contributed by atoms with Gasteiger partial charge < -0.3 is 20.5 Å². The Labute approximate surface area is 104 Å². The number of carbonyl (C=O) groups excluding carboxylic acids is 2. The van der Waals surface area contributed by atoms with Gasteiger partial charge in [-0.05, 0) is 24.6 Å². The molecule has 96 valence electrons. The normalized spacial score (nSPS) is 13.3. The van der Waals surface area contributed by atoms with Gasteiger partial charge in [0.05, 0.1) is 5.69 Å². The Morgan fingerprint density at radius 3 is 3.11 bits per heavy atom. The lowest BCUT2D eigenvalue weighted by Gasteiger charge is -2.18. The fourth-order valence-corrected chi connectivity index (χ4v) is 1.61. The number of anilines is 1. The van der Waals surface area contributed by atoms with Crippen molar-refractivity contribution in [1.82, 2.24) is 5.32 Å². The van der Waals surface area contributed by atoms with Crippen molar-refractivity contribution in [3.05, 3.63) is 23.8 Å². The molecule has 0 radical (unpaired) electrons. The highest BCUT2D eigenvalue weighted by Crippen LogP contribution is 2.28. The Morgan fingerprint density at radius 1 is 1.50 bits per heavy atom. The Bertz CT molecular complexity index is 473. The standard InChI is InChI=1S/C12H14N2O4/c15-5-1-4-13-12(17)8-2-3-10-9(6-8)14-11(16)7-18-10/h2-3,6,15H,1,4-5,7H2,(H,13,17)(H,14,16). The second kappa shape index (κ2) is 5.50. The zero-order valence-electron chi connectivity index (χ0n) is 9.73. The van der Waals surface area contributed by atoms with Crippen LogP contribution in [0.2, 0.25) is 0 Å².